The average Bonchev–Trinajstić information content (AvgIpc) is 2.75. The number of hydrogen-bond donors (Lipinski definition) is 2. The molecule has 1 aromatic heterocycles. The van der Waals surface area contributed by atoms with Crippen LogP contribution in [0.5, 0.6) is 0 Å². The van der Waals surface area contributed by atoms with E-state index in [1.54, 1.807) is 10.4 Å². The van der Waals surface area contributed by atoms with Crippen LogP contribution < -0.4 is 10.6 Å². The molecule has 0 bridgehead atoms. The summed E-state index contributed by atoms with van der Waals surface area (Å²) in [5.41, 5.74) is 1.83. The van der Waals surface area contributed by atoms with Gasteiger partial charge in [0.25, 0.3) is 0 Å². The maximum Gasteiger partial charge on any atom is 0.0302 e. The lowest BCUT2D eigenvalue weighted by Crippen LogP contribution is -2.44. The molecule has 0 saturated heterocycles. The summed E-state index contributed by atoms with van der Waals surface area (Å²) in [5, 5.41) is 7.18. The van der Waals surface area contributed by atoms with Gasteiger partial charge in [-0.15, -0.1) is 11.3 Å². The number of rotatable bonds is 5. The molecule has 1 aliphatic carbocycles. The van der Waals surface area contributed by atoms with Crippen LogP contribution in [0.25, 0.3) is 0 Å². The second kappa shape index (κ2) is 6.38. The van der Waals surface area contributed by atoms with Crippen molar-refractivity contribution >= 4 is 11.3 Å². The van der Waals surface area contributed by atoms with E-state index < -0.39 is 0 Å². The molecule has 19 heavy (non-hydrogen) atoms. The number of nitrogens with one attached hydrogen (secondary N) is 2. The van der Waals surface area contributed by atoms with Gasteiger partial charge >= 0.3 is 0 Å². The Labute approximate surface area is 122 Å². The molecule has 0 spiro atoms. The van der Waals surface area contributed by atoms with E-state index in [-0.39, 0.29) is 5.54 Å². The Kier molecular flexibility index (Phi) is 5.04. The first-order valence-electron chi connectivity index (χ1n) is 7.53. The number of thiophene rings is 1. The summed E-state index contributed by atoms with van der Waals surface area (Å²) in [7, 11) is 0. The zero-order valence-corrected chi connectivity index (χ0v) is 13.6. The highest BCUT2D eigenvalue weighted by Gasteiger charge is 2.14. The maximum atomic E-state index is 3.63. The summed E-state index contributed by atoms with van der Waals surface area (Å²) >= 11 is 2.02. The molecular formula is C16H28N2S. The Morgan fingerprint density at radius 2 is 2.00 bits per heavy atom. The lowest BCUT2D eigenvalue weighted by atomic mass is 9.99. The fraction of sp³-hybridized carbons (Fsp3) is 0.750. The van der Waals surface area contributed by atoms with Gasteiger partial charge in [-0.05, 0) is 65.0 Å². The Morgan fingerprint density at radius 1 is 1.26 bits per heavy atom. The first-order valence-corrected chi connectivity index (χ1v) is 8.34. The van der Waals surface area contributed by atoms with Crippen LogP contribution >= 0.6 is 11.3 Å². The van der Waals surface area contributed by atoms with Gasteiger partial charge in [0.1, 0.15) is 0 Å². The van der Waals surface area contributed by atoms with Gasteiger partial charge in [0.05, 0.1) is 0 Å². The molecule has 0 aromatic carbocycles. The van der Waals surface area contributed by atoms with Gasteiger partial charge in [0.2, 0.25) is 0 Å². The van der Waals surface area contributed by atoms with Gasteiger partial charge in [0.15, 0.2) is 0 Å². The third kappa shape index (κ3) is 4.90. The SMILES string of the molecule is CC(CNC(C)(C)C)NCc1cc2c(s1)CCCC2. The van der Waals surface area contributed by atoms with Crippen molar-refractivity contribution in [1.29, 1.82) is 0 Å². The van der Waals surface area contributed by atoms with Crippen LogP contribution in [-0.4, -0.2) is 18.1 Å². The molecule has 2 N–H and O–H groups in total. The highest BCUT2D eigenvalue weighted by atomic mass is 32.1. The molecule has 0 amide bonds. The third-order valence-corrected chi connectivity index (χ3v) is 4.85. The topological polar surface area (TPSA) is 24.1 Å². The van der Waals surface area contributed by atoms with Crippen molar-refractivity contribution in [2.45, 2.75) is 71.5 Å². The van der Waals surface area contributed by atoms with E-state index in [4.69, 9.17) is 0 Å². The normalized spacial score (nSPS) is 17.3. The standard InChI is InChI=1S/C16H28N2S/c1-12(10-18-16(2,3)4)17-11-14-9-13-7-5-6-8-15(13)19-14/h9,12,17-18H,5-8,10-11H2,1-4H3. The third-order valence-electron chi connectivity index (χ3n) is 3.61. The summed E-state index contributed by atoms with van der Waals surface area (Å²) < 4.78 is 0. The van der Waals surface area contributed by atoms with Crippen molar-refractivity contribution < 1.29 is 0 Å². The van der Waals surface area contributed by atoms with Crippen molar-refractivity contribution in [3.8, 4) is 0 Å². The minimum absolute atomic E-state index is 0.206. The van der Waals surface area contributed by atoms with Crippen LogP contribution in [0, 0.1) is 0 Å². The van der Waals surface area contributed by atoms with Gasteiger partial charge in [-0.25, -0.2) is 0 Å². The van der Waals surface area contributed by atoms with E-state index in [1.807, 2.05) is 11.3 Å². The van der Waals surface area contributed by atoms with Crippen LogP contribution in [0.3, 0.4) is 0 Å². The molecule has 0 fully saturated rings. The van der Waals surface area contributed by atoms with Crippen molar-refractivity contribution in [2.75, 3.05) is 6.54 Å². The number of aryl methyl sites for hydroxylation is 2. The first kappa shape index (κ1) is 15.0. The van der Waals surface area contributed by atoms with Gasteiger partial charge in [0, 0.05) is 34.4 Å². The molecule has 1 aromatic rings. The lowest BCUT2D eigenvalue weighted by molar-refractivity contribution is 0.388. The first-order chi connectivity index (χ1) is 8.94. The van der Waals surface area contributed by atoms with E-state index in [2.05, 4.69) is 44.4 Å². The molecule has 3 heteroatoms. The predicted octanol–water partition coefficient (Wildman–Crippen LogP) is 3.49. The summed E-state index contributed by atoms with van der Waals surface area (Å²) in [6.45, 7) is 10.9. The Balaban J connectivity index is 1.77. The van der Waals surface area contributed by atoms with Crippen molar-refractivity contribution in [2.24, 2.45) is 0 Å². The van der Waals surface area contributed by atoms with E-state index in [9.17, 15) is 0 Å². The van der Waals surface area contributed by atoms with Crippen molar-refractivity contribution in [3.63, 3.8) is 0 Å². The summed E-state index contributed by atoms with van der Waals surface area (Å²) in [6.07, 6.45) is 5.36. The monoisotopic (exact) mass is 280 g/mol. The quantitative estimate of drug-likeness (QED) is 0.862. The second-order valence-electron chi connectivity index (χ2n) is 6.78. The molecule has 1 unspecified atom stereocenters. The average molecular weight is 280 g/mol. The second-order valence-corrected chi connectivity index (χ2v) is 8.00. The molecule has 2 rings (SSSR count). The van der Waals surface area contributed by atoms with E-state index in [1.165, 1.54) is 30.6 Å². The number of hydrogen-bond acceptors (Lipinski definition) is 3. The van der Waals surface area contributed by atoms with E-state index in [0.717, 1.165) is 13.1 Å². The molecule has 108 valence electrons. The lowest BCUT2D eigenvalue weighted by Gasteiger charge is -2.23. The maximum absolute atomic E-state index is 3.63. The molecule has 1 heterocycles. The molecular weight excluding hydrogens is 252 g/mol. The fourth-order valence-electron chi connectivity index (χ4n) is 2.45. The van der Waals surface area contributed by atoms with Crippen molar-refractivity contribution in [1.82, 2.24) is 10.6 Å². The molecule has 0 radical (unpaired) electrons. The predicted molar refractivity (Wildman–Crippen MR) is 85.0 cm³/mol. The van der Waals surface area contributed by atoms with Gasteiger partial charge in [-0.1, -0.05) is 0 Å². The van der Waals surface area contributed by atoms with Crippen molar-refractivity contribution in [3.05, 3.63) is 21.4 Å². The summed E-state index contributed by atoms with van der Waals surface area (Å²) in [4.78, 5) is 3.15. The zero-order chi connectivity index (χ0) is 13.9. The molecule has 2 nitrogen and oxygen atoms in total. The molecule has 1 aliphatic rings. The highest BCUT2D eigenvalue weighted by molar-refractivity contribution is 7.12. The molecule has 0 aliphatic heterocycles. The van der Waals surface area contributed by atoms with E-state index >= 15 is 0 Å². The minimum Gasteiger partial charge on any atom is -0.311 e. The van der Waals surface area contributed by atoms with Gasteiger partial charge in [-0.2, -0.15) is 0 Å². The summed E-state index contributed by atoms with van der Waals surface area (Å²) in [6, 6.07) is 2.94. The fourth-order valence-corrected chi connectivity index (χ4v) is 3.66. The van der Waals surface area contributed by atoms with Crippen LogP contribution in [0.4, 0.5) is 0 Å². The Bertz CT molecular complexity index is 380. The van der Waals surface area contributed by atoms with Gasteiger partial charge in [-0.3, -0.25) is 0 Å². The Hall–Kier alpha value is -0.380. The Morgan fingerprint density at radius 3 is 2.68 bits per heavy atom. The molecule has 1 atom stereocenters. The minimum atomic E-state index is 0.206. The number of fused-ring (bicyclic) bond motifs is 1. The largest absolute Gasteiger partial charge is 0.311 e. The molecule has 0 saturated carbocycles. The summed E-state index contributed by atoms with van der Waals surface area (Å²) in [5.74, 6) is 0. The van der Waals surface area contributed by atoms with Crippen LogP contribution in [0.1, 0.15) is 55.9 Å². The van der Waals surface area contributed by atoms with Crippen LogP contribution in [0.15, 0.2) is 6.07 Å². The van der Waals surface area contributed by atoms with E-state index in [0.29, 0.717) is 6.04 Å². The van der Waals surface area contributed by atoms with Crippen LogP contribution in [0.2, 0.25) is 0 Å². The zero-order valence-electron chi connectivity index (χ0n) is 12.8. The van der Waals surface area contributed by atoms with Gasteiger partial charge < -0.3 is 10.6 Å². The smallest absolute Gasteiger partial charge is 0.0302 e. The van der Waals surface area contributed by atoms with Crippen LogP contribution in [-0.2, 0) is 19.4 Å². The highest BCUT2D eigenvalue weighted by Crippen LogP contribution is 2.29.